The van der Waals surface area contributed by atoms with Crippen LogP contribution in [0.5, 0.6) is 0 Å². The van der Waals surface area contributed by atoms with E-state index in [1.165, 1.54) is 55.6 Å². The molecule has 0 atom stereocenters. The summed E-state index contributed by atoms with van der Waals surface area (Å²) in [5, 5.41) is 4.87. The minimum atomic E-state index is -0.353. The lowest BCUT2D eigenvalue weighted by Gasteiger charge is -2.41. The Hall–Kier alpha value is -6.72. The molecule has 1 aliphatic carbocycles. The van der Waals surface area contributed by atoms with Gasteiger partial charge in [-0.15, -0.1) is 0 Å². The number of nitrogens with zero attached hydrogens (tertiary/aromatic N) is 5. The Morgan fingerprint density at radius 3 is 1.13 bits per heavy atom. The molecule has 5 heteroatoms. The summed E-state index contributed by atoms with van der Waals surface area (Å²) in [4.78, 5) is 10.1. The number of benzene rings is 6. The Morgan fingerprint density at radius 1 is 0.426 bits per heavy atom. The molecule has 0 bridgehead atoms. The maximum absolute atomic E-state index is 5.28. The minimum Gasteiger partial charge on any atom is -0.310 e. The van der Waals surface area contributed by atoms with Gasteiger partial charge in [0.05, 0.1) is 5.69 Å². The summed E-state index contributed by atoms with van der Waals surface area (Å²) in [6.45, 7) is 21.9. The van der Waals surface area contributed by atoms with Crippen molar-refractivity contribution in [3.8, 4) is 5.82 Å². The lowest BCUT2D eigenvalue weighted by Crippen LogP contribution is -2.31. The predicted molar refractivity (Wildman–Crippen MR) is 255 cm³/mol. The highest BCUT2D eigenvalue weighted by atomic mass is 15.3. The average molecular weight is 798 g/mol. The Labute approximate surface area is 362 Å². The highest BCUT2D eigenvalue weighted by molar-refractivity contribution is 5.81. The standard InChI is InChI=1S/C56H55N5/c1-35-11-19-43(20-12-35)59(44-21-13-36(2)14-22-44)47-27-29-50-52(33-47)56(9,10)53-34-48(60(45-23-15-37(3)16-24-45)46-25-17-38(4)18-26-46)28-30-51(53)55(50)49-31-32-54(57-41(49)7)61-42(8)39(5)40(6)58-61/h11-34,55H,1-10H3. The Balaban J connectivity index is 1.26. The second kappa shape index (κ2) is 15.4. The highest BCUT2D eigenvalue weighted by Gasteiger charge is 2.40. The molecule has 6 aromatic carbocycles. The number of aryl methyl sites for hydroxylation is 6. The fourth-order valence-electron chi connectivity index (χ4n) is 9.20. The third-order valence-corrected chi connectivity index (χ3v) is 13.0. The van der Waals surface area contributed by atoms with Crippen LogP contribution in [-0.2, 0) is 5.41 Å². The van der Waals surface area contributed by atoms with Crippen LogP contribution in [0.15, 0.2) is 146 Å². The average Bonchev–Trinajstić information content (AvgIpc) is 3.51. The van der Waals surface area contributed by atoms with Crippen molar-refractivity contribution in [1.82, 2.24) is 14.8 Å². The van der Waals surface area contributed by atoms with Gasteiger partial charge in [-0.3, -0.25) is 0 Å². The summed E-state index contributed by atoms with van der Waals surface area (Å²) in [7, 11) is 0. The molecule has 0 saturated carbocycles. The van der Waals surface area contributed by atoms with Crippen molar-refractivity contribution in [3.63, 3.8) is 0 Å². The molecule has 0 aliphatic heterocycles. The summed E-state index contributed by atoms with van der Waals surface area (Å²) < 4.78 is 1.99. The van der Waals surface area contributed by atoms with Gasteiger partial charge in [0.25, 0.3) is 0 Å². The van der Waals surface area contributed by atoms with E-state index in [0.717, 1.165) is 57.0 Å². The smallest absolute Gasteiger partial charge is 0.153 e. The molecule has 61 heavy (non-hydrogen) atoms. The first-order chi connectivity index (χ1) is 29.3. The zero-order valence-corrected chi connectivity index (χ0v) is 37.2. The molecule has 2 heterocycles. The largest absolute Gasteiger partial charge is 0.310 e. The van der Waals surface area contributed by atoms with Gasteiger partial charge in [0.15, 0.2) is 5.82 Å². The van der Waals surface area contributed by atoms with E-state index in [9.17, 15) is 0 Å². The van der Waals surface area contributed by atoms with E-state index in [4.69, 9.17) is 10.1 Å². The van der Waals surface area contributed by atoms with Crippen molar-refractivity contribution >= 4 is 34.1 Å². The van der Waals surface area contributed by atoms with Crippen LogP contribution >= 0.6 is 0 Å². The topological polar surface area (TPSA) is 37.2 Å². The van der Waals surface area contributed by atoms with E-state index in [0.29, 0.717) is 0 Å². The van der Waals surface area contributed by atoms with E-state index in [1.54, 1.807) is 0 Å². The van der Waals surface area contributed by atoms with Crippen LogP contribution in [0.3, 0.4) is 0 Å². The predicted octanol–water partition coefficient (Wildman–Crippen LogP) is 14.5. The number of pyridine rings is 1. The van der Waals surface area contributed by atoms with Crippen LogP contribution in [0.1, 0.15) is 92.5 Å². The Kier molecular flexibility index (Phi) is 10.0. The van der Waals surface area contributed by atoms with Crippen molar-refractivity contribution in [2.24, 2.45) is 0 Å². The molecule has 0 fully saturated rings. The normalized spacial score (nSPS) is 13.1. The first kappa shape index (κ1) is 39.7. The molecule has 0 spiro atoms. The zero-order valence-electron chi connectivity index (χ0n) is 37.2. The van der Waals surface area contributed by atoms with Gasteiger partial charge in [0, 0.05) is 56.8 Å². The lowest BCUT2D eigenvalue weighted by atomic mass is 9.63. The molecule has 8 aromatic rings. The maximum atomic E-state index is 5.28. The van der Waals surface area contributed by atoms with Crippen molar-refractivity contribution in [3.05, 3.63) is 218 Å². The molecule has 5 nitrogen and oxygen atoms in total. The van der Waals surface area contributed by atoms with Gasteiger partial charge in [-0.2, -0.15) is 5.10 Å². The second-order valence-corrected chi connectivity index (χ2v) is 17.7. The Morgan fingerprint density at radius 2 is 0.787 bits per heavy atom. The molecule has 0 radical (unpaired) electrons. The summed E-state index contributed by atoms with van der Waals surface area (Å²) in [5.41, 5.74) is 22.1. The number of rotatable bonds is 8. The molecule has 0 unspecified atom stereocenters. The molecule has 0 N–H and O–H groups in total. The third kappa shape index (κ3) is 7.12. The molecular formula is C56H55N5. The molecule has 304 valence electrons. The van der Waals surface area contributed by atoms with Gasteiger partial charge >= 0.3 is 0 Å². The quantitative estimate of drug-likeness (QED) is 0.153. The van der Waals surface area contributed by atoms with Crippen LogP contribution < -0.4 is 9.80 Å². The fourth-order valence-corrected chi connectivity index (χ4v) is 9.20. The van der Waals surface area contributed by atoms with Crippen LogP contribution in [0.25, 0.3) is 5.82 Å². The minimum absolute atomic E-state index is 0.0377. The van der Waals surface area contributed by atoms with Crippen molar-refractivity contribution in [1.29, 1.82) is 0 Å². The summed E-state index contributed by atoms with van der Waals surface area (Å²) >= 11 is 0. The van der Waals surface area contributed by atoms with E-state index in [-0.39, 0.29) is 11.3 Å². The van der Waals surface area contributed by atoms with Crippen LogP contribution in [0.2, 0.25) is 0 Å². The number of hydrogen-bond acceptors (Lipinski definition) is 4. The van der Waals surface area contributed by atoms with E-state index in [2.05, 4.69) is 225 Å². The number of hydrogen-bond donors (Lipinski definition) is 0. The zero-order chi connectivity index (χ0) is 42.7. The van der Waals surface area contributed by atoms with Crippen molar-refractivity contribution in [2.45, 2.75) is 80.6 Å². The molecular weight excluding hydrogens is 743 g/mol. The van der Waals surface area contributed by atoms with Crippen molar-refractivity contribution < 1.29 is 0 Å². The molecule has 0 amide bonds. The Bertz CT molecular complexity index is 2660. The van der Waals surface area contributed by atoms with Gasteiger partial charge in [-0.05, 0) is 168 Å². The molecule has 1 aliphatic rings. The first-order valence-corrected chi connectivity index (χ1v) is 21.4. The summed E-state index contributed by atoms with van der Waals surface area (Å²) in [5.74, 6) is 0.806. The van der Waals surface area contributed by atoms with Crippen LogP contribution in [-0.4, -0.2) is 14.8 Å². The van der Waals surface area contributed by atoms with E-state index >= 15 is 0 Å². The monoisotopic (exact) mass is 797 g/mol. The number of fused-ring (bicyclic) bond motifs is 2. The summed E-state index contributed by atoms with van der Waals surface area (Å²) in [6, 6.07) is 54.2. The maximum Gasteiger partial charge on any atom is 0.153 e. The fraction of sp³-hybridized carbons (Fsp3) is 0.214. The van der Waals surface area contributed by atoms with Gasteiger partial charge in [-0.25, -0.2) is 9.67 Å². The van der Waals surface area contributed by atoms with Crippen LogP contribution in [0.4, 0.5) is 34.1 Å². The summed E-state index contributed by atoms with van der Waals surface area (Å²) in [6.07, 6.45) is 0. The van der Waals surface area contributed by atoms with Gasteiger partial charge in [0.1, 0.15) is 0 Å². The second-order valence-electron chi connectivity index (χ2n) is 17.7. The number of aromatic nitrogens is 3. The SMILES string of the molecule is Cc1ccc(N(c2ccc(C)cc2)c2ccc3c(c2)C(C)(C)c2cc(N(c4ccc(C)cc4)c4ccc(C)cc4)ccc2C3c2ccc(-n3nc(C)c(C)c3C)nc2C)cc1. The first-order valence-electron chi connectivity index (χ1n) is 21.4. The molecule has 9 rings (SSSR count). The highest BCUT2D eigenvalue weighted by Crippen LogP contribution is 2.53. The van der Waals surface area contributed by atoms with Crippen LogP contribution in [0, 0.1) is 55.4 Å². The van der Waals surface area contributed by atoms with E-state index < -0.39 is 0 Å². The number of anilines is 6. The lowest BCUT2D eigenvalue weighted by molar-refractivity contribution is 0.596. The third-order valence-electron chi connectivity index (χ3n) is 13.0. The van der Waals surface area contributed by atoms with Gasteiger partial charge in [-0.1, -0.05) is 103 Å². The van der Waals surface area contributed by atoms with Gasteiger partial charge < -0.3 is 9.80 Å². The molecule has 0 saturated heterocycles. The van der Waals surface area contributed by atoms with Gasteiger partial charge in [0.2, 0.25) is 0 Å². The van der Waals surface area contributed by atoms with E-state index in [1.807, 2.05) is 4.68 Å². The van der Waals surface area contributed by atoms with Crippen molar-refractivity contribution in [2.75, 3.05) is 9.80 Å². The molecule has 2 aromatic heterocycles.